The van der Waals surface area contributed by atoms with Crippen LogP contribution in [0.5, 0.6) is 11.6 Å². The zero-order chi connectivity index (χ0) is 25.5. The van der Waals surface area contributed by atoms with Gasteiger partial charge in [0.1, 0.15) is 17.2 Å². The molecule has 13 heteroatoms. The van der Waals surface area contributed by atoms with E-state index in [0.29, 0.717) is 11.1 Å². The number of ether oxygens (including phenoxy) is 2. The first-order chi connectivity index (χ1) is 16.4. The number of nitrogens with one attached hydrogen (secondary N) is 2. The van der Waals surface area contributed by atoms with Gasteiger partial charge >= 0.3 is 6.36 Å². The van der Waals surface area contributed by atoms with E-state index in [-0.39, 0.29) is 35.2 Å². The van der Waals surface area contributed by atoms with Crippen LogP contribution >= 0.6 is 0 Å². The summed E-state index contributed by atoms with van der Waals surface area (Å²) >= 11 is 0. The predicted octanol–water partition coefficient (Wildman–Crippen LogP) is 4.03. The van der Waals surface area contributed by atoms with Crippen molar-refractivity contribution in [3.8, 4) is 11.6 Å². The Morgan fingerprint density at radius 1 is 1.26 bits per heavy atom. The number of amides is 2. The van der Waals surface area contributed by atoms with Crippen LogP contribution in [0.4, 0.5) is 29.1 Å². The molecule has 0 radical (unpaired) electrons. The van der Waals surface area contributed by atoms with E-state index in [1.807, 2.05) is 0 Å². The Labute approximate surface area is 196 Å². The van der Waals surface area contributed by atoms with Crippen molar-refractivity contribution in [1.29, 1.82) is 0 Å². The summed E-state index contributed by atoms with van der Waals surface area (Å²) in [6.07, 6.45) is -4.49. The lowest BCUT2D eigenvalue weighted by Crippen LogP contribution is -2.44. The third-order valence-corrected chi connectivity index (χ3v) is 5.20. The number of hydrogen-bond acceptors (Lipinski definition) is 6. The van der Waals surface area contributed by atoms with Gasteiger partial charge in [0.05, 0.1) is 12.7 Å². The number of rotatable bonds is 5. The molecule has 1 unspecified atom stereocenters. The largest absolute Gasteiger partial charge is 0.573 e. The number of nitrogens with zero attached hydrogens (tertiary/aromatic N) is 3. The zero-order valence-electron chi connectivity index (χ0n) is 18.7. The summed E-state index contributed by atoms with van der Waals surface area (Å²) in [5.74, 6) is -2.88. The van der Waals surface area contributed by atoms with Crippen molar-refractivity contribution in [3.63, 3.8) is 0 Å². The van der Waals surface area contributed by atoms with Crippen molar-refractivity contribution in [2.24, 2.45) is 0 Å². The van der Waals surface area contributed by atoms with Gasteiger partial charge < -0.3 is 14.8 Å². The summed E-state index contributed by atoms with van der Waals surface area (Å²) in [5.41, 5.74) is 1.88. The number of aryl methyl sites for hydroxylation is 2. The summed E-state index contributed by atoms with van der Waals surface area (Å²) in [6, 6.07) is 4.49. The number of H-pyrrole nitrogens is 1. The normalized spacial score (nSPS) is 15.5. The first-order valence-corrected chi connectivity index (χ1v) is 10.3. The van der Waals surface area contributed by atoms with Crippen LogP contribution in [0.2, 0.25) is 0 Å². The summed E-state index contributed by atoms with van der Waals surface area (Å²) in [5, 5.41) is 9.07. The molecule has 0 aliphatic carbocycles. The highest BCUT2D eigenvalue weighted by atomic mass is 19.4. The molecule has 2 amide bonds. The number of fused-ring (bicyclic) bond motifs is 1. The number of carbonyl (C=O) groups excluding carboxylic acids is 2. The Kier molecular flexibility index (Phi) is 6.09. The van der Waals surface area contributed by atoms with E-state index in [4.69, 9.17) is 4.74 Å². The SMILES string of the molecule is Cc1cc2c(nc1NC(=O)c1[nH]ncc1C)OC(C)C(=O)N2Cc1ccc(OC(F)(F)F)c(F)c1. The Balaban J connectivity index is 1.62. The lowest BCUT2D eigenvalue weighted by Gasteiger charge is -2.33. The van der Waals surface area contributed by atoms with Crippen molar-refractivity contribution in [2.45, 2.75) is 39.8 Å². The summed E-state index contributed by atoms with van der Waals surface area (Å²) in [6.45, 7) is 4.70. The number of aromatic amines is 1. The number of halogens is 4. The van der Waals surface area contributed by atoms with Crippen molar-refractivity contribution in [1.82, 2.24) is 15.2 Å². The van der Waals surface area contributed by atoms with Crippen LogP contribution in [0.15, 0.2) is 30.5 Å². The Morgan fingerprint density at radius 2 is 2.00 bits per heavy atom. The van der Waals surface area contributed by atoms with E-state index in [1.165, 1.54) is 24.1 Å². The molecular weight excluding hydrogens is 474 g/mol. The van der Waals surface area contributed by atoms with Gasteiger partial charge in [-0.2, -0.15) is 10.1 Å². The molecular formula is C22H19F4N5O4. The Morgan fingerprint density at radius 3 is 2.63 bits per heavy atom. The van der Waals surface area contributed by atoms with E-state index in [2.05, 4.69) is 25.2 Å². The molecule has 3 heterocycles. The van der Waals surface area contributed by atoms with Gasteiger partial charge in [0.15, 0.2) is 17.7 Å². The summed E-state index contributed by atoms with van der Waals surface area (Å²) < 4.78 is 60.7. The fraction of sp³-hybridized carbons (Fsp3) is 0.273. The molecule has 1 atom stereocenters. The lowest BCUT2D eigenvalue weighted by molar-refractivity contribution is -0.275. The fourth-order valence-electron chi connectivity index (χ4n) is 3.49. The average Bonchev–Trinajstić information content (AvgIpc) is 3.20. The highest BCUT2D eigenvalue weighted by Crippen LogP contribution is 2.37. The van der Waals surface area contributed by atoms with Gasteiger partial charge in [-0.15, -0.1) is 13.2 Å². The number of benzene rings is 1. The molecule has 0 saturated carbocycles. The first kappa shape index (κ1) is 24.0. The molecule has 0 fully saturated rings. The summed E-state index contributed by atoms with van der Waals surface area (Å²) in [7, 11) is 0. The number of aromatic nitrogens is 3. The van der Waals surface area contributed by atoms with Crippen LogP contribution in [0.25, 0.3) is 0 Å². The molecule has 4 rings (SSSR count). The van der Waals surface area contributed by atoms with Crippen LogP contribution in [-0.2, 0) is 11.3 Å². The van der Waals surface area contributed by atoms with E-state index in [9.17, 15) is 27.2 Å². The van der Waals surface area contributed by atoms with E-state index in [0.717, 1.165) is 12.1 Å². The molecule has 35 heavy (non-hydrogen) atoms. The average molecular weight is 493 g/mol. The number of anilines is 2. The van der Waals surface area contributed by atoms with E-state index >= 15 is 0 Å². The predicted molar refractivity (Wildman–Crippen MR) is 115 cm³/mol. The smallest absolute Gasteiger partial charge is 0.463 e. The second-order valence-electron chi connectivity index (χ2n) is 7.86. The minimum absolute atomic E-state index is 0.0526. The second-order valence-corrected chi connectivity index (χ2v) is 7.86. The first-order valence-electron chi connectivity index (χ1n) is 10.3. The van der Waals surface area contributed by atoms with Crippen LogP contribution in [-0.4, -0.2) is 39.5 Å². The van der Waals surface area contributed by atoms with Crippen LogP contribution in [0.3, 0.4) is 0 Å². The highest BCUT2D eigenvalue weighted by Gasteiger charge is 2.35. The maximum absolute atomic E-state index is 14.2. The number of pyridine rings is 1. The molecule has 1 aromatic carbocycles. The van der Waals surface area contributed by atoms with Gasteiger partial charge in [0, 0.05) is 0 Å². The Hall–Kier alpha value is -4.16. The van der Waals surface area contributed by atoms with Crippen LogP contribution < -0.4 is 19.7 Å². The highest BCUT2D eigenvalue weighted by molar-refractivity contribution is 6.04. The standard InChI is InChI=1S/C22H19F4N5O4/c1-10-6-15-20(29-18(10)28-19(32)17-11(2)8-27-30-17)34-12(3)21(33)31(15)9-13-4-5-16(14(23)7-13)35-22(24,25)26/h4-8,12H,9H2,1-3H3,(H,27,30)(H,28,29,32). The van der Waals surface area contributed by atoms with Crippen LogP contribution in [0.1, 0.15) is 34.1 Å². The molecule has 0 spiro atoms. The minimum atomic E-state index is -5.04. The topological polar surface area (TPSA) is 109 Å². The number of alkyl halides is 3. The molecule has 2 aromatic heterocycles. The maximum Gasteiger partial charge on any atom is 0.573 e. The van der Waals surface area contributed by atoms with Gasteiger partial charge in [-0.05, 0) is 55.7 Å². The van der Waals surface area contributed by atoms with Crippen molar-refractivity contribution in [3.05, 3.63) is 58.7 Å². The third-order valence-electron chi connectivity index (χ3n) is 5.20. The number of carbonyl (C=O) groups is 2. The lowest BCUT2D eigenvalue weighted by atomic mass is 10.1. The molecule has 184 valence electrons. The zero-order valence-corrected chi connectivity index (χ0v) is 18.7. The van der Waals surface area contributed by atoms with Gasteiger partial charge in [0.25, 0.3) is 11.8 Å². The second kappa shape index (κ2) is 8.89. The van der Waals surface area contributed by atoms with Crippen molar-refractivity contribution >= 4 is 23.3 Å². The Bertz CT molecular complexity index is 1310. The monoisotopic (exact) mass is 493 g/mol. The van der Waals surface area contributed by atoms with E-state index < -0.39 is 35.8 Å². The molecule has 1 aliphatic heterocycles. The minimum Gasteiger partial charge on any atom is -0.463 e. The van der Waals surface area contributed by atoms with Gasteiger partial charge in [-0.1, -0.05) is 6.07 Å². The van der Waals surface area contributed by atoms with Crippen molar-refractivity contribution < 1.29 is 36.6 Å². The quantitative estimate of drug-likeness (QED) is 0.520. The van der Waals surface area contributed by atoms with Gasteiger partial charge in [0.2, 0.25) is 5.88 Å². The molecule has 3 aromatic rings. The maximum atomic E-state index is 14.2. The van der Waals surface area contributed by atoms with E-state index in [1.54, 1.807) is 19.9 Å². The molecule has 9 nitrogen and oxygen atoms in total. The molecule has 0 saturated heterocycles. The molecule has 0 bridgehead atoms. The molecule has 2 N–H and O–H groups in total. The van der Waals surface area contributed by atoms with Crippen molar-refractivity contribution in [2.75, 3.05) is 10.2 Å². The summed E-state index contributed by atoms with van der Waals surface area (Å²) in [4.78, 5) is 31.0. The number of hydrogen-bond donors (Lipinski definition) is 2. The van der Waals surface area contributed by atoms with Gasteiger partial charge in [-0.3, -0.25) is 19.6 Å². The molecule has 1 aliphatic rings. The van der Waals surface area contributed by atoms with Gasteiger partial charge in [-0.25, -0.2) is 4.39 Å². The van der Waals surface area contributed by atoms with Crippen LogP contribution in [0, 0.1) is 19.7 Å². The third kappa shape index (κ3) is 5.03. The fourth-order valence-corrected chi connectivity index (χ4v) is 3.49.